The van der Waals surface area contributed by atoms with Crippen LogP contribution in [0.15, 0.2) is 23.2 Å². The Morgan fingerprint density at radius 2 is 2.00 bits per heavy atom. The van der Waals surface area contributed by atoms with Crippen LogP contribution < -0.4 is 0 Å². The normalized spacial score (nSPS) is 11.7. The molecule has 0 fully saturated rings. The number of hydrogen-bond acceptors (Lipinski definition) is 4. The first-order valence-corrected chi connectivity index (χ1v) is 7.07. The van der Waals surface area contributed by atoms with Gasteiger partial charge in [0.05, 0.1) is 22.8 Å². The van der Waals surface area contributed by atoms with Crippen molar-refractivity contribution in [2.45, 2.75) is 11.4 Å². The molecule has 1 heterocycles. The fourth-order valence-corrected chi connectivity index (χ4v) is 2.79. The zero-order valence-electron chi connectivity index (χ0n) is 9.21. The van der Waals surface area contributed by atoms with E-state index in [9.17, 15) is 8.42 Å². The SMILES string of the molecule is O=S(=O)(O)c1ccc(Cn2cc(O)[c]n2)c(Cl)c1Cl. The van der Waals surface area contributed by atoms with E-state index in [1.807, 2.05) is 0 Å². The van der Waals surface area contributed by atoms with Crippen LogP contribution in [-0.4, -0.2) is 27.9 Å². The lowest BCUT2D eigenvalue weighted by molar-refractivity contribution is 0.473. The summed E-state index contributed by atoms with van der Waals surface area (Å²) >= 11 is 11.7. The third-order valence-electron chi connectivity index (χ3n) is 2.30. The maximum atomic E-state index is 11.0. The number of rotatable bonds is 3. The highest BCUT2D eigenvalue weighted by atomic mass is 35.5. The summed E-state index contributed by atoms with van der Waals surface area (Å²) < 4.78 is 32.4. The average Bonchev–Trinajstić information content (AvgIpc) is 2.69. The van der Waals surface area contributed by atoms with Crippen molar-refractivity contribution in [1.29, 1.82) is 0 Å². The summed E-state index contributed by atoms with van der Waals surface area (Å²) in [5, 5.41) is 12.6. The summed E-state index contributed by atoms with van der Waals surface area (Å²) in [7, 11) is -4.43. The van der Waals surface area contributed by atoms with Crippen LogP contribution in [0.25, 0.3) is 0 Å². The Balaban J connectivity index is 2.42. The Hall–Kier alpha value is -1.28. The number of hydrogen-bond donors (Lipinski definition) is 2. The van der Waals surface area contributed by atoms with E-state index in [4.69, 9.17) is 32.9 Å². The van der Waals surface area contributed by atoms with Gasteiger partial charge in [0.25, 0.3) is 10.1 Å². The van der Waals surface area contributed by atoms with Gasteiger partial charge in [-0.15, -0.1) is 0 Å². The molecule has 0 atom stereocenters. The largest absolute Gasteiger partial charge is 0.504 e. The van der Waals surface area contributed by atoms with Gasteiger partial charge in [-0.3, -0.25) is 9.23 Å². The van der Waals surface area contributed by atoms with Crippen molar-refractivity contribution >= 4 is 33.3 Å². The van der Waals surface area contributed by atoms with Crippen molar-refractivity contribution in [3.05, 3.63) is 40.1 Å². The van der Waals surface area contributed by atoms with Gasteiger partial charge >= 0.3 is 0 Å². The highest BCUT2D eigenvalue weighted by Crippen LogP contribution is 2.32. The number of nitrogens with zero attached hydrogens (tertiary/aromatic N) is 2. The first-order chi connectivity index (χ1) is 8.79. The molecule has 0 aliphatic heterocycles. The van der Waals surface area contributed by atoms with Gasteiger partial charge in [0.2, 0.25) is 0 Å². The Labute approximate surface area is 118 Å². The van der Waals surface area contributed by atoms with Gasteiger partial charge in [0, 0.05) is 0 Å². The standard InChI is InChI=1S/C10H7Cl2N2O4S/c11-9-6(4-14-5-7(15)3-13-14)1-2-8(10(9)12)19(16,17)18/h1-2,5,15H,4H2,(H,16,17,18). The van der Waals surface area contributed by atoms with Crippen LogP contribution >= 0.6 is 23.2 Å². The highest BCUT2D eigenvalue weighted by molar-refractivity contribution is 7.86. The fraction of sp³-hybridized carbons (Fsp3) is 0.100. The summed E-state index contributed by atoms with van der Waals surface area (Å²) in [4.78, 5) is -0.460. The van der Waals surface area contributed by atoms with Gasteiger partial charge in [-0.2, -0.15) is 13.5 Å². The zero-order valence-corrected chi connectivity index (χ0v) is 11.5. The van der Waals surface area contributed by atoms with Crippen molar-refractivity contribution in [2.24, 2.45) is 0 Å². The molecule has 0 bridgehead atoms. The molecule has 0 spiro atoms. The minimum atomic E-state index is -4.43. The summed E-state index contributed by atoms with van der Waals surface area (Å²) in [6.07, 6.45) is 3.64. The molecule has 0 saturated carbocycles. The molecule has 2 aromatic rings. The summed E-state index contributed by atoms with van der Waals surface area (Å²) in [5.74, 6) is -0.128. The van der Waals surface area contributed by atoms with E-state index in [0.717, 1.165) is 6.07 Å². The van der Waals surface area contributed by atoms with E-state index in [2.05, 4.69) is 11.3 Å². The van der Waals surface area contributed by atoms with Gasteiger partial charge in [-0.1, -0.05) is 29.3 Å². The van der Waals surface area contributed by atoms with Crippen molar-refractivity contribution in [1.82, 2.24) is 9.78 Å². The molecule has 0 amide bonds. The third kappa shape index (κ3) is 3.01. The van der Waals surface area contributed by atoms with E-state index >= 15 is 0 Å². The molecule has 101 valence electrons. The van der Waals surface area contributed by atoms with E-state index in [-0.39, 0.29) is 22.3 Å². The molecule has 6 nitrogen and oxygen atoms in total. The van der Waals surface area contributed by atoms with E-state index in [0.29, 0.717) is 5.56 Å². The minimum absolute atomic E-state index is 0.00761. The molecular weight excluding hydrogens is 315 g/mol. The number of benzene rings is 1. The summed E-state index contributed by atoms with van der Waals surface area (Å²) in [6.45, 7) is 0.168. The molecule has 0 saturated heterocycles. The predicted octanol–water partition coefficient (Wildman–Crippen LogP) is 1.99. The first kappa shape index (κ1) is 14.1. The fourth-order valence-electron chi connectivity index (χ4n) is 1.46. The van der Waals surface area contributed by atoms with E-state index in [1.165, 1.54) is 16.9 Å². The molecule has 19 heavy (non-hydrogen) atoms. The van der Waals surface area contributed by atoms with Crippen LogP contribution in [-0.2, 0) is 16.7 Å². The Morgan fingerprint density at radius 1 is 1.32 bits per heavy atom. The first-order valence-electron chi connectivity index (χ1n) is 4.87. The van der Waals surface area contributed by atoms with Gasteiger partial charge in [-0.05, 0) is 11.6 Å². The second-order valence-electron chi connectivity index (χ2n) is 3.65. The van der Waals surface area contributed by atoms with Crippen LogP contribution in [0, 0.1) is 6.20 Å². The van der Waals surface area contributed by atoms with Crippen molar-refractivity contribution in [2.75, 3.05) is 0 Å². The van der Waals surface area contributed by atoms with E-state index < -0.39 is 15.0 Å². The monoisotopic (exact) mass is 321 g/mol. The van der Waals surface area contributed by atoms with Crippen LogP contribution in [0.3, 0.4) is 0 Å². The quantitative estimate of drug-likeness (QED) is 0.843. The zero-order chi connectivity index (χ0) is 14.2. The molecule has 0 aliphatic carbocycles. The molecule has 2 N–H and O–H groups in total. The lowest BCUT2D eigenvalue weighted by Crippen LogP contribution is -2.04. The maximum Gasteiger partial charge on any atom is 0.296 e. The average molecular weight is 322 g/mol. The van der Waals surface area contributed by atoms with Gasteiger partial charge in [0.15, 0.2) is 11.9 Å². The van der Waals surface area contributed by atoms with Crippen LogP contribution in [0.1, 0.15) is 5.56 Å². The summed E-state index contributed by atoms with van der Waals surface area (Å²) in [6, 6.07) is 2.54. The Bertz CT molecular complexity index is 727. The number of halogens is 2. The molecule has 0 aliphatic rings. The lowest BCUT2D eigenvalue weighted by Gasteiger charge is -2.08. The number of aromatic nitrogens is 2. The third-order valence-corrected chi connectivity index (χ3v) is 4.23. The number of aromatic hydroxyl groups is 1. The van der Waals surface area contributed by atoms with Crippen molar-refractivity contribution in [3.63, 3.8) is 0 Å². The van der Waals surface area contributed by atoms with Gasteiger partial charge < -0.3 is 5.11 Å². The van der Waals surface area contributed by atoms with Gasteiger partial charge in [0.1, 0.15) is 4.90 Å². The molecule has 9 heteroatoms. The molecule has 1 aromatic carbocycles. The predicted molar refractivity (Wildman–Crippen MR) is 68.1 cm³/mol. The smallest absolute Gasteiger partial charge is 0.296 e. The van der Waals surface area contributed by atoms with E-state index in [1.54, 1.807) is 0 Å². The lowest BCUT2D eigenvalue weighted by atomic mass is 10.2. The van der Waals surface area contributed by atoms with Crippen LogP contribution in [0.5, 0.6) is 5.75 Å². The molecule has 2 rings (SSSR count). The van der Waals surface area contributed by atoms with Gasteiger partial charge in [-0.25, -0.2) is 0 Å². The van der Waals surface area contributed by atoms with Crippen molar-refractivity contribution in [3.8, 4) is 5.75 Å². The minimum Gasteiger partial charge on any atom is -0.504 e. The molecule has 1 aromatic heterocycles. The highest BCUT2D eigenvalue weighted by Gasteiger charge is 2.19. The molecule has 0 unspecified atom stereocenters. The second kappa shape index (κ2) is 5.01. The van der Waals surface area contributed by atoms with Crippen LogP contribution in [0.2, 0.25) is 10.0 Å². The second-order valence-corrected chi connectivity index (χ2v) is 5.80. The Kier molecular flexibility index (Phi) is 3.73. The van der Waals surface area contributed by atoms with Crippen LogP contribution in [0.4, 0.5) is 0 Å². The molecule has 1 radical (unpaired) electrons. The van der Waals surface area contributed by atoms with Crippen molar-refractivity contribution < 1.29 is 18.1 Å². The molecular formula is C10H7Cl2N2O4S. The summed E-state index contributed by atoms with van der Waals surface area (Å²) in [5.41, 5.74) is 0.482. The topological polar surface area (TPSA) is 92.4 Å². The Morgan fingerprint density at radius 3 is 2.53 bits per heavy atom. The maximum absolute atomic E-state index is 11.0.